The van der Waals surface area contributed by atoms with Gasteiger partial charge in [0.15, 0.2) is 0 Å². The minimum Gasteiger partial charge on any atom is -0.381 e. The third-order valence-corrected chi connectivity index (χ3v) is 3.26. The first kappa shape index (κ1) is 13.8. The molecule has 0 aromatic heterocycles. The van der Waals surface area contributed by atoms with Crippen LogP contribution in [0.4, 0.5) is 9.18 Å². The van der Waals surface area contributed by atoms with Crippen molar-refractivity contribution < 1.29 is 13.9 Å². The number of rotatable bonds is 4. The first-order valence-electron chi connectivity index (χ1n) is 6.46. The zero-order chi connectivity index (χ0) is 13.7. The van der Waals surface area contributed by atoms with Gasteiger partial charge in [0.05, 0.1) is 6.61 Å². The van der Waals surface area contributed by atoms with Gasteiger partial charge in [-0.05, 0) is 24.1 Å². The van der Waals surface area contributed by atoms with Crippen molar-refractivity contribution in [3.63, 3.8) is 0 Å². The topological polar surface area (TPSA) is 41.6 Å². The first-order valence-corrected chi connectivity index (χ1v) is 6.46. The van der Waals surface area contributed by atoms with Crippen molar-refractivity contribution >= 4 is 6.03 Å². The lowest BCUT2D eigenvalue weighted by molar-refractivity contribution is 0.171. The third kappa shape index (κ3) is 4.21. The van der Waals surface area contributed by atoms with Gasteiger partial charge >= 0.3 is 6.03 Å². The highest BCUT2D eigenvalue weighted by molar-refractivity contribution is 5.73. The highest BCUT2D eigenvalue weighted by Gasteiger charge is 2.19. The molecule has 19 heavy (non-hydrogen) atoms. The summed E-state index contributed by atoms with van der Waals surface area (Å²) in [6, 6.07) is 6.00. The molecular formula is C14H19FN2O2. The zero-order valence-electron chi connectivity index (χ0n) is 11.1. The number of amides is 2. The van der Waals surface area contributed by atoms with Crippen molar-refractivity contribution in [3.8, 4) is 0 Å². The number of hydrogen-bond donors (Lipinski definition) is 1. The molecule has 0 aliphatic carbocycles. The number of carbonyl (C=O) groups is 1. The number of carbonyl (C=O) groups excluding carboxylic acids is 1. The molecule has 0 spiro atoms. The predicted molar refractivity (Wildman–Crippen MR) is 70.2 cm³/mol. The van der Waals surface area contributed by atoms with E-state index in [1.54, 1.807) is 24.1 Å². The molecule has 2 rings (SSSR count). The normalized spacial score (nSPS) is 18.3. The van der Waals surface area contributed by atoms with Crippen LogP contribution >= 0.6 is 0 Å². The van der Waals surface area contributed by atoms with E-state index in [0.29, 0.717) is 19.0 Å². The fourth-order valence-electron chi connectivity index (χ4n) is 2.11. The summed E-state index contributed by atoms with van der Waals surface area (Å²) in [5.41, 5.74) is 0.882. The van der Waals surface area contributed by atoms with E-state index in [0.717, 1.165) is 25.2 Å². The lowest BCUT2D eigenvalue weighted by Gasteiger charge is -2.20. The van der Waals surface area contributed by atoms with Gasteiger partial charge in [-0.25, -0.2) is 9.18 Å². The summed E-state index contributed by atoms with van der Waals surface area (Å²) in [6.07, 6.45) is 1.01. The molecule has 1 fully saturated rings. The molecule has 1 aliphatic rings. The minimum atomic E-state index is -0.270. The number of benzene rings is 1. The van der Waals surface area contributed by atoms with E-state index < -0.39 is 0 Å². The quantitative estimate of drug-likeness (QED) is 0.905. The van der Waals surface area contributed by atoms with E-state index >= 15 is 0 Å². The van der Waals surface area contributed by atoms with Crippen molar-refractivity contribution in [2.75, 3.05) is 26.8 Å². The molecule has 1 unspecified atom stereocenters. The second-order valence-corrected chi connectivity index (χ2v) is 4.90. The van der Waals surface area contributed by atoms with Gasteiger partial charge in [0.25, 0.3) is 0 Å². The van der Waals surface area contributed by atoms with Crippen molar-refractivity contribution in [3.05, 3.63) is 35.6 Å². The van der Waals surface area contributed by atoms with Crippen LogP contribution in [0.2, 0.25) is 0 Å². The molecule has 1 saturated heterocycles. The molecule has 0 radical (unpaired) electrons. The van der Waals surface area contributed by atoms with Gasteiger partial charge in [-0.2, -0.15) is 0 Å². The van der Waals surface area contributed by atoms with E-state index in [1.165, 1.54) is 12.1 Å². The Morgan fingerprint density at radius 3 is 2.84 bits per heavy atom. The van der Waals surface area contributed by atoms with Crippen molar-refractivity contribution in [2.45, 2.75) is 13.0 Å². The number of ether oxygens (including phenoxy) is 1. The average molecular weight is 266 g/mol. The lowest BCUT2D eigenvalue weighted by Crippen LogP contribution is -2.39. The van der Waals surface area contributed by atoms with Gasteiger partial charge in [0.2, 0.25) is 0 Å². The van der Waals surface area contributed by atoms with Gasteiger partial charge in [-0.15, -0.1) is 0 Å². The summed E-state index contributed by atoms with van der Waals surface area (Å²) in [5.74, 6) is 0.162. The van der Waals surface area contributed by atoms with Crippen molar-refractivity contribution in [1.29, 1.82) is 0 Å². The zero-order valence-corrected chi connectivity index (χ0v) is 11.1. The van der Waals surface area contributed by atoms with E-state index in [-0.39, 0.29) is 11.8 Å². The van der Waals surface area contributed by atoms with Crippen LogP contribution < -0.4 is 5.32 Å². The largest absolute Gasteiger partial charge is 0.381 e. The van der Waals surface area contributed by atoms with Crippen LogP contribution in [0, 0.1) is 11.7 Å². The molecule has 1 N–H and O–H groups in total. The van der Waals surface area contributed by atoms with Crippen LogP contribution in [-0.2, 0) is 11.3 Å². The Labute approximate surface area is 112 Å². The summed E-state index contributed by atoms with van der Waals surface area (Å²) in [6.45, 7) is 2.63. The maximum atomic E-state index is 12.7. The summed E-state index contributed by atoms with van der Waals surface area (Å²) in [7, 11) is 1.78. The second-order valence-electron chi connectivity index (χ2n) is 4.90. The highest BCUT2D eigenvalue weighted by Crippen LogP contribution is 2.13. The average Bonchev–Trinajstić information content (AvgIpc) is 2.90. The number of nitrogens with one attached hydrogen (secondary N) is 1. The lowest BCUT2D eigenvalue weighted by atomic mass is 10.1. The third-order valence-electron chi connectivity index (χ3n) is 3.26. The molecule has 1 aliphatic heterocycles. The maximum Gasteiger partial charge on any atom is 0.317 e. The number of hydrogen-bond acceptors (Lipinski definition) is 2. The first-order chi connectivity index (χ1) is 9.15. The molecule has 0 saturated carbocycles. The summed E-state index contributed by atoms with van der Waals surface area (Å²) < 4.78 is 18.0. The molecule has 1 heterocycles. The molecule has 4 nitrogen and oxygen atoms in total. The van der Waals surface area contributed by atoms with Gasteiger partial charge in [-0.1, -0.05) is 12.1 Å². The maximum absolute atomic E-state index is 12.7. The number of nitrogens with zero attached hydrogens (tertiary/aromatic N) is 1. The summed E-state index contributed by atoms with van der Waals surface area (Å²) in [5, 5.41) is 2.82. The standard InChI is InChI=1S/C14H19FN2O2/c1-17(9-12-6-7-19-10-12)14(18)16-8-11-2-4-13(15)5-3-11/h2-5,12H,6-10H2,1H3,(H,16,18). The monoisotopic (exact) mass is 266 g/mol. The Balaban J connectivity index is 1.75. The second kappa shape index (κ2) is 6.52. The van der Waals surface area contributed by atoms with Gasteiger partial charge < -0.3 is 15.0 Å². The Kier molecular flexibility index (Phi) is 4.74. The Hall–Kier alpha value is -1.62. The van der Waals surface area contributed by atoms with Crippen LogP contribution in [0.3, 0.4) is 0 Å². The van der Waals surface area contributed by atoms with Crippen molar-refractivity contribution in [1.82, 2.24) is 10.2 Å². The van der Waals surface area contributed by atoms with Gasteiger partial charge in [-0.3, -0.25) is 0 Å². The molecule has 1 aromatic carbocycles. The molecule has 104 valence electrons. The molecule has 0 bridgehead atoms. The summed E-state index contributed by atoms with van der Waals surface area (Å²) >= 11 is 0. The molecule has 1 atom stereocenters. The fraction of sp³-hybridized carbons (Fsp3) is 0.500. The highest BCUT2D eigenvalue weighted by atomic mass is 19.1. The smallest absolute Gasteiger partial charge is 0.317 e. The van der Waals surface area contributed by atoms with Crippen LogP contribution in [0.1, 0.15) is 12.0 Å². The summed E-state index contributed by atoms with van der Waals surface area (Å²) in [4.78, 5) is 13.5. The Morgan fingerprint density at radius 1 is 1.47 bits per heavy atom. The minimum absolute atomic E-state index is 0.115. The number of urea groups is 1. The van der Waals surface area contributed by atoms with E-state index in [4.69, 9.17) is 4.74 Å². The van der Waals surface area contributed by atoms with Crippen LogP contribution in [0.25, 0.3) is 0 Å². The van der Waals surface area contributed by atoms with Gasteiger partial charge in [0.1, 0.15) is 5.82 Å². The van der Waals surface area contributed by atoms with E-state index in [9.17, 15) is 9.18 Å². The van der Waals surface area contributed by atoms with Crippen LogP contribution in [0.15, 0.2) is 24.3 Å². The molecule has 2 amide bonds. The Bertz CT molecular complexity index is 416. The molecule has 1 aromatic rings. The predicted octanol–water partition coefficient (Wildman–Crippen LogP) is 2.00. The Morgan fingerprint density at radius 2 is 2.21 bits per heavy atom. The van der Waals surface area contributed by atoms with E-state index in [1.807, 2.05) is 0 Å². The van der Waals surface area contributed by atoms with Crippen LogP contribution in [0.5, 0.6) is 0 Å². The molecular weight excluding hydrogens is 247 g/mol. The van der Waals surface area contributed by atoms with Gasteiger partial charge in [0, 0.05) is 32.7 Å². The molecule has 5 heteroatoms. The SMILES string of the molecule is CN(CC1CCOC1)C(=O)NCc1ccc(F)cc1. The number of halogens is 1. The van der Waals surface area contributed by atoms with Crippen molar-refractivity contribution in [2.24, 2.45) is 5.92 Å². The van der Waals surface area contributed by atoms with E-state index in [2.05, 4.69) is 5.32 Å². The fourth-order valence-corrected chi connectivity index (χ4v) is 2.11. The van der Waals surface area contributed by atoms with Crippen LogP contribution in [-0.4, -0.2) is 37.7 Å².